The predicted octanol–water partition coefficient (Wildman–Crippen LogP) is 2.06. The summed E-state index contributed by atoms with van der Waals surface area (Å²) in [7, 11) is -0.589. The third kappa shape index (κ3) is 3.10. The van der Waals surface area contributed by atoms with Gasteiger partial charge in [-0.15, -0.1) is 0 Å². The Hall–Kier alpha value is -2.45. The highest BCUT2D eigenvalue weighted by Gasteiger charge is 2.18. The molecule has 2 heterocycles. The Morgan fingerprint density at radius 1 is 1.16 bits per heavy atom. The van der Waals surface area contributed by atoms with Gasteiger partial charge in [-0.25, -0.2) is 13.4 Å². The summed E-state index contributed by atoms with van der Waals surface area (Å²) < 4.78 is 29.8. The lowest BCUT2D eigenvalue weighted by Crippen LogP contribution is -2.21. The first-order valence-corrected chi connectivity index (χ1v) is 9.41. The first-order valence-electron chi connectivity index (χ1n) is 7.14. The van der Waals surface area contributed by atoms with Gasteiger partial charge < -0.3 is 4.74 Å². The highest BCUT2D eigenvalue weighted by molar-refractivity contribution is 7.90. The molecule has 0 aliphatic carbocycles. The Kier molecular flexibility index (Phi) is 4.26. The topological polar surface area (TPSA) is 91.2 Å². The number of rotatable bonds is 3. The molecule has 3 aromatic rings. The average molecular weight is 380 g/mol. The zero-order chi connectivity index (χ0) is 18.4. The molecule has 1 aromatic carbocycles. The van der Waals surface area contributed by atoms with E-state index in [4.69, 9.17) is 16.3 Å². The molecule has 130 valence electrons. The molecule has 0 spiro atoms. The second kappa shape index (κ2) is 6.12. The van der Waals surface area contributed by atoms with Crippen molar-refractivity contribution in [1.29, 1.82) is 0 Å². The fraction of sp³-hybridized carbons (Fsp3) is 0.188. The SMILES string of the molecule is COc1ccc(-c2cc3c(Cl)nc(S(C)(=O)=O)nc3n(C)c2=O)cc1. The quantitative estimate of drug-likeness (QED) is 0.511. The van der Waals surface area contributed by atoms with Gasteiger partial charge in [0.2, 0.25) is 15.0 Å². The van der Waals surface area contributed by atoms with Crippen molar-refractivity contribution in [3.63, 3.8) is 0 Å². The van der Waals surface area contributed by atoms with Gasteiger partial charge in [-0.1, -0.05) is 23.7 Å². The van der Waals surface area contributed by atoms with E-state index in [2.05, 4.69) is 9.97 Å². The summed E-state index contributed by atoms with van der Waals surface area (Å²) in [5.41, 5.74) is 0.899. The van der Waals surface area contributed by atoms with E-state index >= 15 is 0 Å². The van der Waals surface area contributed by atoms with Crippen LogP contribution in [0.3, 0.4) is 0 Å². The van der Waals surface area contributed by atoms with Crippen LogP contribution in [0.4, 0.5) is 0 Å². The van der Waals surface area contributed by atoms with Gasteiger partial charge in [0.15, 0.2) is 0 Å². The number of methoxy groups -OCH3 is 1. The third-order valence-electron chi connectivity index (χ3n) is 3.73. The molecule has 0 fully saturated rings. The lowest BCUT2D eigenvalue weighted by Gasteiger charge is -2.10. The molecule has 0 unspecified atom stereocenters. The molecular formula is C16H14ClN3O4S. The number of benzene rings is 1. The smallest absolute Gasteiger partial charge is 0.259 e. The van der Waals surface area contributed by atoms with Crippen molar-refractivity contribution in [3.05, 3.63) is 45.8 Å². The second-order valence-corrected chi connectivity index (χ2v) is 7.72. The number of fused-ring (bicyclic) bond motifs is 1. The highest BCUT2D eigenvalue weighted by Crippen LogP contribution is 2.26. The Labute approximate surface area is 148 Å². The summed E-state index contributed by atoms with van der Waals surface area (Å²) in [5, 5.41) is -0.0602. The predicted molar refractivity (Wildman–Crippen MR) is 94.9 cm³/mol. The van der Waals surface area contributed by atoms with E-state index in [0.717, 1.165) is 6.26 Å². The number of halogens is 1. The van der Waals surface area contributed by atoms with Crippen molar-refractivity contribution in [2.24, 2.45) is 7.05 Å². The van der Waals surface area contributed by atoms with E-state index in [-0.39, 0.29) is 16.4 Å². The van der Waals surface area contributed by atoms with Crippen LogP contribution in [0.1, 0.15) is 0 Å². The van der Waals surface area contributed by atoms with Gasteiger partial charge in [0, 0.05) is 18.9 Å². The largest absolute Gasteiger partial charge is 0.497 e. The summed E-state index contributed by atoms with van der Waals surface area (Å²) in [6, 6.07) is 8.55. The van der Waals surface area contributed by atoms with Gasteiger partial charge in [-0.3, -0.25) is 9.36 Å². The molecule has 0 radical (unpaired) electrons. The Morgan fingerprint density at radius 2 is 1.80 bits per heavy atom. The number of nitrogens with zero attached hydrogens (tertiary/aromatic N) is 3. The minimum absolute atomic E-state index is 0.0317. The van der Waals surface area contributed by atoms with Crippen LogP contribution < -0.4 is 10.3 Å². The van der Waals surface area contributed by atoms with Crippen LogP contribution in [-0.4, -0.2) is 36.3 Å². The fourth-order valence-electron chi connectivity index (χ4n) is 2.42. The van der Waals surface area contributed by atoms with Crippen LogP contribution in [0.5, 0.6) is 5.75 Å². The molecule has 25 heavy (non-hydrogen) atoms. The Bertz CT molecular complexity index is 1140. The second-order valence-electron chi connectivity index (χ2n) is 5.46. The maximum atomic E-state index is 12.7. The third-order valence-corrected chi connectivity index (χ3v) is 4.87. The number of pyridine rings is 1. The van der Waals surface area contributed by atoms with Gasteiger partial charge >= 0.3 is 0 Å². The lowest BCUT2D eigenvalue weighted by atomic mass is 10.1. The zero-order valence-corrected chi connectivity index (χ0v) is 15.2. The first-order chi connectivity index (χ1) is 11.7. The highest BCUT2D eigenvalue weighted by atomic mass is 35.5. The average Bonchev–Trinajstić information content (AvgIpc) is 2.57. The van der Waals surface area contributed by atoms with Crippen LogP contribution in [0.2, 0.25) is 5.15 Å². The number of aromatic nitrogens is 3. The number of sulfone groups is 1. The molecule has 3 rings (SSSR count). The van der Waals surface area contributed by atoms with Crippen LogP contribution >= 0.6 is 11.6 Å². The van der Waals surface area contributed by atoms with Gasteiger partial charge in [0.25, 0.3) is 5.56 Å². The van der Waals surface area contributed by atoms with Gasteiger partial charge in [0.1, 0.15) is 16.5 Å². The number of hydrogen-bond acceptors (Lipinski definition) is 6. The first kappa shape index (κ1) is 17.4. The molecule has 0 amide bonds. The van der Waals surface area contributed by atoms with Crippen LogP contribution in [0.15, 0.2) is 40.3 Å². The van der Waals surface area contributed by atoms with Crippen LogP contribution in [-0.2, 0) is 16.9 Å². The summed E-state index contributed by atoms with van der Waals surface area (Å²) in [4.78, 5) is 20.5. The normalized spacial score (nSPS) is 11.7. The maximum absolute atomic E-state index is 12.7. The van der Waals surface area contributed by atoms with Crippen molar-refractivity contribution in [3.8, 4) is 16.9 Å². The summed E-state index contributed by atoms with van der Waals surface area (Å²) in [6.45, 7) is 0. The molecule has 0 N–H and O–H groups in total. The summed E-state index contributed by atoms with van der Waals surface area (Å²) in [5.74, 6) is 0.667. The van der Waals surface area contributed by atoms with Crippen molar-refractivity contribution in [1.82, 2.24) is 14.5 Å². The van der Waals surface area contributed by atoms with Crippen LogP contribution in [0, 0.1) is 0 Å². The Morgan fingerprint density at radius 3 is 2.36 bits per heavy atom. The van der Waals surface area contributed by atoms with Gasteiger partial charge in [0.05, 0.1) is 12.5 Å². The monoisotopic (exact) mass is 379 g/mol. The number of ether oxygens (including phenoxy) is 1. The van der Waals surface area contributed by atoms with E-state index in [1.807, 2.05) is 0 Å². The van der Waals surface area contributed by atoms with E-state index < -0.39 is 15.0 Å². The molecule has 0 saturated heterocycles. The van der Waals surface area contributed by atoms with Crippen molar-refractivity contribution >= 4 is 32.5 Å². The summed E-state index contributed by atoms with van der Waals surface area (Å²) in [6.07, 6.45) is 0.980. The molecule has 9 heteroatoms. The molecule has 0 bridgehead atoms. The molecular weight excluding hydrogens is 366 g/mol. The van der Waals surface area contributed by atoms with E-state index in [1.54, 1.807) is 37.4 Å². The van der Waals surface area contributed by atoms with E-state index in [0.29, 0.717) is 22.3 Å². The molecule has 0 aliphatic rings. The van der Waals surface area contributed by atoms with Gasteiger partial charge in [-0.05, 0) is 23.8 Å². The van der Waals surface area contributed by atoms with Crippen molar-refractivity contribution in [2.75, 3.05) is 13.4 Å². The summed E-state index contributed by atoms with van der Waals surface area (Å²) >= 11 is 6.15. The van der Waals surface area contributed by atoms with Gasteiger partial charge in [-0.2, -0.15) is 4.98 Å². The standard InChI is InChI=1S/C16H14ClN3O4S/c1-20-14-12(13(17)18-16(19-14)25(3,22)23)8-11(15(20)21)9-4-6-10(24-2)7-5-9/h4-8H,1-3H3. The van der Waals surface area contributed by atoms with Crippen LogP contribution in [0.25, 0.3) is 22.2 Å². The van der Waals surface area contributed by atoms with Crippen molar-refractivity contribution in [2.45, 2.75) is 5.16 Å². The molecule has 0 atom stereocenters. The van der Waals surface area contributed by atoms with E-state index in [1.165, 1.54) is 11.6 Å². The minimum atomic E-state index is -3.65. The van der Waals surface area contributed by atoms with Crippen molar-refractivity contribution < 1.29 is 13.2 Å². The zero-order valence-electron chi connectivity index (χ0n) is 13.6. The number of aryl methyl sites for hydroxylation is 1. The maximum Gasteiger partial charge on any atom is 0.259 e. The molecule has 0 aliphatic heterocycles. The molecule has 7 nitrogen and oxygen atoms in total. The molecule has 2 aromatic heterocycles. The molecule has 0 saturated carbocycles. The Balaban J connectivity index is 2.32. The fourth-order valence-corrected chi connectivity index (χ4v) is 3.20. The lowest BCUT2D eigenvalue weighted by molar-refractivity contribution is 0.415. The number of hydrogen-bond donors (Lipinski definition) is 0. The minimum Gasteiger partial charge on any atom is -0.497 e. The van der Waals surface area contributed by atoms with E-state index in [9.17, 15) is 13.2 Å².